The molecule has 0 N–H and O–H groups in total. The average Bonchev–Trinajstić information content (AvgIpc) is 2.88. The molecule has 2 aromatic carbocycles. The van der Waals surface area contributed by atoms with Gasteiger partial charge in [0.2, 0.25) is 11.7 Å². The van der Waals surface area contributed by atoms with Crippen molar-refractivity contribution in [2.45, 2.75) is 0 Å². The van der Waals surface area contributed by atoms with Gasteiger partial charge >= 0.3 is 6.97 Å². The third kappa shape index (κ3) is 1.49. The Bertz CT molecular complexity index is 1080. The van der Waals surface area contributed by atoms with Crippen molar-refractivity contribution < 1.29 is 17.9 Å². The van der Waals surface area contributed by atoms with Crippen LogP contribution < -0.4 is 4.48 Å². The zero-order chi connectivity index (χ0) is 16.5. The Morgan fingerprint density at radius 2 is 1.79 bits per heavy atom. The predicted octanol–water partition coefficient (Wildman–Crippen LogP) is 2.90. The van der Waals surface area contributed by atoms with E-state index < -0.39 is 12.9 Å². The monoisotopic (exact) mass is 321 g/mol. The maximum absolute atomic E-state index is 15.0. The Morgan fingerprint density at radius 3 is 2.67 bits per heavy atom. The number of rotatable bonds is 0. The highest BCUT2D eigenvalue weighted by Gasteiger charge is 2.56. The topological polar surface area (TPSA) is 36.6 Å². The molecule has 2 aliphatic heterocycles. The van der Waals surface area contributed by atoms with E-state index in [2.05, 4.69) is 4.99 Å². The molecule has 1 aromatic heterocycles. The van der Waals surface area contributed by atoms with Gasteiger partial charge in [0.15, 0.2) is 0 Å². The number of aromatic nitrogens is 1. The molecule has 1 amide bonds. The van der Waals surface area contributed by atoms with Gasteiger partial charge in [0.25, 0.3) is 5.82 Å². The number of amidine groups is 1. The van der Waals surface area contributed by atoms with Crippen LogP contribution in [0.1, 0.15) is 15.9 Å². The molecule has 0 aliphatic carbocycles. The summed E-state index contributed by atoms with van der Waals surface area (Å²) >= 11 is 0. The number of nitrogens with zero attached hydrogens (tertiary/aromatic N) is 3. The fraction of sp³-hybridized carbons (Fsp3) is 0. The molecular formula is C17H10BF2N3O. The minimum atomic E-state index is -4.28. The first-order chi connectivity index (χ1) is 11.6. The summed E-state index contributed by atoms with van der Waals surface area (Å²) in [6.07, 6.45) is 1.25. The number of pyridine rings is 1. The lowest BCUT2D eigenvalue weighted by molar-refractivity contribution is -0.560. The lowest BCUT2D eigenvalue weighted by atomic mass is 9.91. The summed E-state index contributed by atoms with van der Waals surface area (Å²) in [4.78, 5) is 17.6. The molecule has 5 rings (SSSR count). The number of carbonyl (C=O) groups is 1. The Balaban J connectivity index is 1.90. The standard InChI is InChI=1S/C17H10BF2N3O/c19-18(20)22-10-4-3-7-14(22)21-16-15-12-6-2-1-5-11(12)8-9-13(15)17(24)23(16)18/h1-10H. The van der Waals surface area contributed by atoms with Crippen LogP contribution in [0.25, 0.3) is 10.8 Å². The van der Waals surface area contributed by atoms with E-state index in [1.54, 1.807) is 18.2 Å². The normalized spacial score (nSPS) is 17.3. The van der Waals surface area contributed by atoms with Crippen molar-refractivity contribution in [3.05, 3.63) is 71.9 Å². The second-order valence-corrected chi connectivity index (χ2v) is 5.87. The molecule has 7 heteroatoms. The number of hydrogen-bond donors (Lipinski definition) is 0. The SMILES string of the molecule is O=C1c2ccc3ccccc3c2C2=Nc3cccc[n+]3[B-](F)(F)N12. The van der Waals surface area contributed by atoms with Gasteiger partial charge in [-0.1, -0.05) is 36.4 Å². The molecule has 0 unspecified atom stereocenters. The third-order valence-electron chi connectivity index (χ3n) is 4.56. The van der Waals surface area contributed by atoms with Crippen molar-refractivity contribution in [1.29, 1.82) is 0 Å². The van der Waals surface area contributed by atoms with E-state index in [1.165, 1.54) is 18.3 Å². The molecule has 0 saturated carbocycles. The van der Waals surface area contributed by atoms with Crippen molar-refractivity contribution in [1.82, 2.24) is 4.81 Å². The lowest BCUT2D eigenvalue weighted by Crippen LogP contribution is -2.72. The Labute approximate surface area is 135 Å². The largest absolute Gasteiger partial charge is 0.644 e. The van der Waals surface area contributed by atoms with Gasteiger partial charge in [-0.3, -0.25) is 4.79 Å². The second kappa shape index (κ2) is 4.26. The number of amides is 1. The van der Waals surface area contributed by atoms with Crippen molar-refractivity contribution in [3.8, 4) is 0 Å². The average molecular weight is 321 g/mol. The van der Waals surface area contributed by atoms with E-state index in [9.17, 15) is 4.79 Å². The molecule has 3 aromatic rings. The molecular weight excluding hydrogens is 311 g/mol. The van der Waals surface area contributed by atoms with Gasteiger partial charge < -0.3 is 17.9 Å². The third-order valence-corrected chi connectivity index (χ3v) is 4.56. The number of aliphatic imine (C=N–C) groups is 1. The minimum absolute atomic E-state index is 0.0306. The molecule has 2 aliphatic rings. The quantitative estimate of drug-likeness (QED) is 0.587. The van der Waals surface area contributed by atoms with Crippen molar-refractivity contribution in [2.24, 2.45) is 4.99 Å². The molecule has 4 nitrogen and oxygen atoms in total. The summed E-state index contributed by atoms with van der Waals surface area (Å²) in [5, 5.41) is 1.64. The highest BCUT2D eigenvalue weighted by atomic mass is 19.2. The summed E-state index contributed by atoms with van der Waals surface area (Å²) in [6, 6.07) is 15.5. The van der Waals surface area contributed by atoms with Crippen LogP contribution in [0.15, 0.2) is 65.8 Å². The Kier molecular flexibility index (Phi) is 2.37. The van der Waals surface area contributed by atoms with Crippen molar-refractivity contribution in [2.75, 3.05) is 0 Å². The van der Waals surface area contributed by atoms with Gasteiger partial charge in [-0.05, 0) is 27.9 Å². The smallest absolute Gasteiger partial charge is 0.414 e. The molecule has 116 valence electrons. The Hall–Kier alpha value is -3.09. The van der Waals surface area contributed by atoms with Crippen LogP contribution in [-0.2, 0) is 0 Å². The first-order valence-electron chi connectivity index (χ1n) is 7.56. The van der Waals surface area contributed by atoms with Gasteiger partial charge in [-0.2, -0.15) is 0 Å². The van der Waals surface area contributed by atoms with E-state index in [0.717, 1.165) is 15.3 Å². The molecule has 3 heterocycles. The van der Waals surface area contributed by atoms with Crippen LogP contribution in [0.3, 0.4) is 0 Å². The molecule has 0 bridgehead atoms. The molecule has 0 spiro atoms. The van der Waals surface area contributed by atoms with Crippen LogP contribution in [0.2, 0.25) is 0 Å². The van der Waals surface area contributed by atoms with Crippen molar-refractivity contribution in [3.63, 3.8) is 0 Å². The van der Waals surface area contributed by atoms with Gasteiger partial charge in [-0.15, -0.1) is 0 Å². The fourth-order valence-corrected chi connectivity index (χ4v) is 3.47. The first kappa shape index (κ1) is 13.4. The highest BCUT2D eigenvalue weighted by Crippen LogP contribution is 2.36. The summed E-state index contributed by atoms with van der Waals surface area (Å²) in [5.41, 5.74) is 0.747. The number of hydrogen-bond acceptors (Lipinski definition) is 2. The molecule has 0 saturated heterocycles. The Morgan fingerprint density at radius 1 is 1.00 bits per heavy atom. The number of carbonyl (C=O) groups excluding carboxylic acids is 1. The fourth-order valence-electron chi connectivity index (χ4n) is 3.47. The van der Waals surface area contributed by atoms with Crippen LogP contribution in [0.5, 0.6) is 0 Å². The lowest BCUT2D eigenvalue weighted by Gasteiger charge is -2.33. The maximum Gasteiger partial charge on any atom is 0.644 e. The van der Waals surface area contributed by atoms with E-state index >= 15 is 8.63 Å². The van der Waals surface area contributed by atoms with Crippen LogP contribution >= 0.6 is 0 Å². The van der Waals surface area contributed by atoms with Crippen LogP contribution in [0, 0.1) is 0 Å². The summed E-state index contributed by atoms with van der Waals surface area (Å²) in [5.74, 6) is -0.535. The number of fused-ring (bicyclic) bond motifs is 6. The molecule has 24 heavy (non-hydrogen) atoms. The summed E-state index contributed by atoms with van der Waals surface area (Å²) < 4.78 is 30.8. The molecule has 0 fully saturated rings. The van der Waals surface area contributed by atoms with Gasteiger partial charge in [0.1, 0.15) is 0 Å². The van der Waals surface area contributed by atoms with E-state index in [-0.39, 0.29) is 17.2 Å². The predicted molar refractivity (Wildman–Crippen MR) is 86.3 cm³/mol. The minimum Gasteiger partial charge on any atom is -0.414 e. The van der Waals surface area contributed by atoms with Gasteiger partial charge in [0, 0.05) is 12.3 Å². The number of halogens is 2. The van der Waals surface area contributed by atoms with Crippen molar-refractivity contribution >= 4 is 35.3 Å². The van der Waals surface area contributed by atoms with Crippen LogP contribution in [0.4, 0.5) is 14.4 Å². The zero-order valence-corrected chi connectivity index (χ0v) is 12.4. The summed E-state index contributed by atoms with van der Waals surface area (Å²) in [7, 11) is 0. The zero-order valence-electron chi connectivity index (χ0n) is 12.4. The molecule has 0 radical (unpaired) electrons. The van der Waals surface area contributed by atoms with Gasteiger partial charge in [0.05, 0.1) is 11.1 Å². The summed E-state index contributed by atoms with van der Waals surface area (Å²) in [6.45, 7) is -4.28. The highest BCUT2D eigenvalue weighted by molar-refractivity contribution is 6.64. The second-order valence-electron chi connectivity index (χ2n) is 5.87. The van der Waals surface area contributed by atoms with Gasteiger partial charge in [-0.25, -0.2) is 0 Å². The first-order valence-corrected chi connectivity index (χ1v) is 7.56. The van der Waals surface area contributed by atoms with E-state index in [4.69, 9.17) is 0 Å². The number of benzene rings is 2. The maximum atomic E-state index is 15.0. The van der Waals surface area contributed by atoms with E-state index in [0.29, 0.717) is 10.4 Å². The molecule has 0 atom stereocenters. The van der Waals surface area contributed by atoms with Crippen LogP contribution in [-0.4, -0.2) is 23.5 Å². The van der Waals surface area contributed by atoms with E-state index in [1.807, 2.05) is 24.3 Å².